The van der Waals surface area contributed by atoms with Crippen LogP contribution in [0.4, 0.5) is 4.39 Å². The average Bonchev–Trinajstić information content (AvgIpc) is 2.78. The Hall–Kier alpha value is -1.33. The van der Waals surface area contributed by atoms with Gasteiger partial charge in [0.05, 0.1) is 9.77 Å². The van der Waals surface area contributed by atoms with Gasteiger partial charge in [0.15, 0.2) is 0 Å². The van der Waals surface area contributed by atoms with Crippen molar-refractivity contribution < 1.29 is 14.3 Å². The van der Waals surface area contributed by atoms with E-state index < -0.39 is 11.8 Å². The number of carboxylic acid groups (broad SMARTS) is 1. The monoisotopic (exact) mass is 268 g/mol. The molecule has 0 unspecified atom stereocenters. The van der Waals surface area contributed by atoms with E-state index in [1.54, 1.807) is 29.2 Å². The molecule has 0 spiro atoms. The number of aromatic carboxylic acids is 1. The van der Waals surface area contributed by atoms with Crippen molar-refractivity contribution >= 4 is 29.1 Å². The zero-order chi connectivity index (χ0) is 12.3. The molecule has 0 bridgehead atoms. The van der Waals surface area contributed by atoms with Crippen molar-refractivity contribution in [3.05, 3.63) is 52.7 Å². The Bertz CT molecular complexity index is 523. The lowest BCUT2D eigenvalue weighted by Gasteiger charge is -2.02. The molecule has 2 aromatic rings. The van der Waals surface area contributed by atoms with Gasteiger partial charge in [0.25, 0.3) is 0 Å². The summed E-state index contributed by atoms with van der Waals surface area (Å²) in [6.45, 7) is 0. The Kier molecular flexibility index (Phi) is 3.81. The van der Waals surface area contributed by atoms with Crippen molar-refractivity contribution in [3.8, 4) is 0 Å². The SMILES string of the molecule is O=C(O)c1ccc(CSc2cccs2)cc1F. The van der Waals surface area contributed by atoms with Gasteiger partial charge in [-0.2, -0.15) is 0 Å². The smallest absolute Gasteiger partial charge is 0.338 e. The summed E-state index contributed by atoms with van der Waals surface area (Å²) in [6, 6.07) is 8.19. The Morgan fingerprint density at radius 3 is 2.82 bits per heavy atom. The van der Waals surface area contributed by atoms with Crippen LogP contribution in [0.2, 0.25) is 0 Å². The first-order valence-corrected chi connectivity index (χ1v) is 6.71. The fourth-order valence-electron chi connectivity index (χ4n) is 1.32. The number of hydrogen-bond donors (Lipinski definition) is 1. The lowest BCUT2D eigenvalue weighted by Crippen LogP contribution is -2.00. The summed E-state index contributed by atoms with van der Waals surface area (Å²) >= 11 is 3.24. The van der Waals surface area contributed by atoms with Crippen molar-refractivity contribution in [2.45, 2.75) is 9.96 Å². The fraction of sp³-hybridized carbons (Fsp3) is 0.0833. The molecule has 17 heavy (non-hydrogen) atoms. The Balaban J connectivity index is 2.07. The molecule has 0 amide bonds. The van der Waals surface area contributed by atoms with Gasteiger partial charge >= 0.3 is 5.97 Å². The minimum Gasteiger partial charge on any atom is -0.478 e. The van der Waals surface area contributed by atoms with E-state index >= 15 is 0 Å². The third-order valence-electron chi connectivity index (χ3n) is 2.14. The van der Waals surface area contributed by atoms with E-state index in [2.05, 4.69) is 0 Å². The topological polar surface area (TPSA) is 37.3 Å². The second-order valence-corrected chi connectivity index (χ2v) is 5.56. The van der Waals surface area contributed by atoms with Gasteiger partial charge in [0, 0.05) is 5.75 Å². The first kappa shape index (κ1) is 12.1. The van der Waals surface area contributed by atoms with Crippen molar-refractivity contribution in [1.29, 1.82) is 0 Å². The molecule has 0 atom stereocenters. The van der Waals surface area contributed by atoms with E-state index in [1.807, 2.05) is 17.5 Å². The molecule has 0 radical (unpaired) electrons. The molecular formula is C12H9FO2S2. The van der Waals surface area contributed by atoms with E-state index in [0.717, 1.165) is 9.77 Å². The molecule has 1 aromatic heterocycles. The van der Waals surface area contributed by atoms with Gasteiger partial charge in [-0.25, -0.2) is 9.18 Å². The Morgan fingerprint density at radius 1 is 1.41 bits per heavy atom. The molecule has 5 heteroatoms. The van der Waals surface area contributed by atoms with Crippen LogP contribution < -0.4 is 0 Å². The van der Waals surface area contributed by atoms with Crippen LogP contribution in [-0.4, -0.2) is 11.1 Å². The third-order valence-corrected chi connectivity index (χ3v) is 4.34. The number of carbonyl (C=O) groups is 1. The van der Waals surface area contributed by atoms with E-state index in [4.69, 9.17) is 5.11 Å². The lowest BCUT2D eigenvalue weighted by molar-refractivity contribution is 0.0692. The minimum atomic E-state index is -1.24. The molecule has 2 nitrogen and oxygen atoms in total. The number of hydrogen-bond acceptors (Lipinski definition) is 3. The fourth-order valence-corrected chi connectivity index (χ4v) is 3.05. The molecule has 0 saturated heterocycles. The molecule has 2 rings (SSSR count). The van der Waals surface area contributed by atoms with Crippen LogP contribution in [0, 0.1) is 5.82 Å². The lowest BCUT2D eigenvalue weighted by atomic mass is 10.1. The first-order valence-electron chi connectivity index (χ1n) is 4.85. The maximum Gasteiger partial charge on any atom is 0.338 e. The van der Waals surface area contributed by atoms with Gasteiger partial charge in [0.2, 0.25) is 0 Å². The largest absolute Gasteiger partial charge is 0.478 e. The minimum absolute atomic E-state index is 0.283. The third kappa shape index (κ3) is 3.08. The zero-order valence-corrected chi connectivity index (χ0v) is 10.4. The van der Waals surface area contributed by atoms with Crippen LogP contribution in [0.25, 0.3) is 0 Å². The molecule has 0 saturated carbocycles. The number of benzene rings is 1. The van der Waals surface area contributed by atoms with E-state index in [-0.39, 0.29) is 5.56 Å². The van der Waals surface area contributed by atoms with Crippen LogP contribution in [0.5, 0.6) is 0 Å². The van der Waals surface area contributed by atoms with Gasteiger partial charge in [-0.05, 0) is 29.1 Å². The number of thiophene rings is 1. The van der Waals surface area contributed by atoms with Gasteiger partial charge in [-0.3, -0.25) is 0 Å². The van der Waals surface area contributed by atoms with Gasteiger partial charge in [0.1, 0.15) is 5.82 Å². The van der Waals surface area contributed by atoms with Crippen LogP contribution in [0.1, 0.15) is 15.9 Å². The highest BCUT2D eigenvalue weighted by atomic mass is 32.2. The summed E-state index contributed by atoms with van der Waals surface area (Å²) in [5.74, 6) is -1.28. The van der Waals surface area contributed by atoms with E-state index in [9.17, 15) is 9.18 Å². The Labute approximate surface area is 106 Å². The van der Waals surface area contributed by atoms with Crippen molar-refractivity contribution in [3.63, 3.8) is 0 Å². The molecule has 1 N–H and O–H groups in total. The predicted molar refractivity (Wildman–Crippen MR) is 67.2 cm³/mol. The van der Waals surface area contributed by atoms with Crippen molar-refractivity contribution in [2.24, 2.45) is 0 Å². The highest BCUT2D eigenvalue weighted by molar-refractivity contribution is 8.00. The Morgan fingerprint density at radius 2 is 2.24 bits per heavy atom. The van der Waals surface area contributed by atoms with Gasteiger partial charge in [-0.15, -0.1) is 23.1 Å². The van der Waals surface area contributed by atoms with Crippen molar-refractivity contribution in [2.75, 3.05) is 0 Å². The second-order valence-electron chi connectivity index (χ2n) is 3.34. The second kappa shape index (κ2) is 5.33. The van der Waals surface area contributed by atoms with Gasteiger partial charge in [-0.1, -0.05) is 12.1 Å². The highest BCUT2D eigenvalue weighted by Crippen LogP contribution is 2.27. The molecule has 0 aliphatic carbocycles. The molecule has 0 aliphatic heterocycles. The zero-order valence-electron chi connectivity index (χ0n) is 8.72. The van der Waals surface area contributed by atoms with Crippen LogP contribution in [0.15, 0.2) is 39.9 Å². The average molecular weight is 268 g/mol. The van der Waals surface area contributed by atoms with E-state index in [1.165, 1.54) is 12.1 Å². The van der Waals surface area contributed by atoms with E-state index in [0.29, 0.717) is 5.75 Å². The quantitative estimate of drug-likeness (QED) is 0.855. The molecule has 1 aromatic carbocycles. The summed E-state index contributed by atoms with van der Waals surface area (Å²) in [5.41, 5.74) is 0.501. The summed E-state index contributed by atoms with van der Waals surface area (Å²) in [5, 5.41) is 10.7. The summed E-state index contributed by atoms with van der Waals surface area (Å²) in [4.78, 5) is 10.6. The summed E-state index contributed by atoms with van der Waals surface area (Å²) in [7, 11) is 0. The highest BCUT2D eigenvalue weighted by Gasteiger charge is 2.10. The normalized spacial score (nSPS) is 10.4. The molecular weight excluding hydrogens is 259 g/mol. The van der Waals surface area contributed by atoms with Gasteiger partial charge < -0.3 is 5.11 Å². The number of carboxylic acids is 1. The maximum atomic E-state index is 13.4. The summed E-state index contributed by atoms with van der Waals surface area (Å²) in [6.07, 6.45) is 0. The number of thioether (sulfide) groups is 1. The molecule has 88 valence electrons. The number of rotatable bonds is 4. The number of halogens is 1. The molecule has 1 heterocycles. The first-order chi connectivity index (χ1) is 8.16. The standard InChI is InChI=1S/C12H9FO2S2/c13-10-6-8(3-4-9(10)12(14)15)7-17-11-2-1-5-16-11/h1-6H,7H2,(H,14,15). The van der Waals surface area contributed by atoms with Crippen molar-refractivity contribution in [1.82, 2.24) is 0 Å². The maximum absolute atomic E-state index is 13.4. The molecule has 0 fully saturated rings. The predicted octanol–water partition coefficient (Wildman–Crippen LogP) is 3.88. The van der Waals surface area contributed by atoms with Crippen LogP contribution in [0.3, 0.4) is 0 Å². The molecule has 0 aliphatic rings. The van der Waals surface area contributed by atoms with Crippen LogP contribution in [-0.2, 0) is 5.75 Å². The summed E-state index contributed by atoms with van der Waals surface area (Å²) < 4.78 is 14.5. The van der Waals surface area contributed by atoms with Crippen LogP contribution >= 0.6 is 23.1 Å².